The smallest absolute Gasteiger partial charge is 0.0645 e. The lowest BCUT2D eigenvalue weighted by Crippen LogP contribution is -1.86. The molecule has 0 aliphatic heterocycles. The molecule has 0 aromatic heterocycles. The molecule has 0 atom stereocenters. The molecule has 0 bridgehead atoms. The Bertz CT molecular complexity index is 1140. The normalized spacial score (nSPS) is 13.3. The summed E-state index contributed by atoms with van der Waals surface area (Å²) in [5.74, 6) is 0. The lowest BCUT2D eigenvalue weighted by molar-refractivity contribution is 1.62. The molecule has 0 saturated carbocycles. The van der Waals surface area contributed by atoms with Crippen LogP contribution in [-0.2, 0) is 0 Å². The molecule has 110 valence electrons. The predicted molar refractivity (Wildman–Crippen MR) is 99.8 cm³/mol. The molecule has 0 N–H and O–H groups in total. The standard InChI is InChI=1S/C22H15Cl/c23-18-10-6-9-17(15-18)20-14-13-19(16-7-2-1-3-8-16)21-11-4-5-12-22(20)21/h1-15H/i6D,9D,10D,15D. The predicted octanol–water partition coefficient (Wildman–Crippen LogP) is 6.83. The minimum absolute atomic E-state index is 0.0831. The third-order valence-corrected chi connectivity index (χ3v) is 4.06. The van der Waals surface area contributed by atoms with Crippen molar-refractivity contribution in [2.24, 2.45) is 0 Å². The highest BCUT2D eigenvalue weighted by Gasteiger charge is 2.09. The molecule has 0 radical (unpaired) electrons. The van der Waals surface area contributed by atoms with Gasteiger partial charge in [0.05, 0.1) is 5.48 Å². The number of halogens is 1. The molecule has 0 aliphatic carbocycles. The van der Waals surface area contributed by atoms with Crippen molar-refractivity contribution >= 4 is 22.4 Å². The van der Waals surface area contributed by atoms with E-state index in [4.69, 9.17) is 17.1 Å². The summed E-state index contributed by atoms with van der Waals surface area (Å²) in [4.78, 5) is 0. The summed E-state index contributed by atoms with van der Waals surface area (Å²) in [6.07, 6.45) is 0. The third kappa shape index (κ3) is 2.62. The molecule has 0 fully saturated rings. The van der Waals surface area contributed by atoms with Crippen molar-refractivity contribution in [3.8, 4) is 22.3 Å². The Hall–Kier alpha value is -2.57. The van der Waals surface area contributed by atoms with Crippen molar-refractivity contribution < 1.29 is 5.48 Å². The summed E-state index contributed by atoms with van der Waals surface area (Å²) in [6.45, 7) is 0. The van der Waals surface area contributed by atoms with Gasteiger partial charge < -0.3 is 0 Å². The van der Waals surface area contributed by atoms with Crippen LogP contribution in [0.25, 0.3) is 33.0 Å². The fourth-order valence-electron chi connectivity index (χ4n) is 2.84. The molecule has 0 spiro atoms. The van der Waals surface area contributed by atoms with Crippen LogP contribution in [-0.4, -0.2) is 0 Å². The van der Waals surface area contributed by atoms with E-state index in [2.05, 4.69) is 0 Å². The molecule has 0 unspecified atom stereocenters. The van der Waals surface area contributed by atoms with Crippen LogP contribution in [0.4, 0.5) is 0 Å². The first-order valence-electron chi connectivity index (χ1n) is 9.34. The number of benzene rings is 4. The Morgan fingerprint density at radius 2 is 1.26 bits per heavy atom. The summed E-state index contributed by atoms with van der Waals surface area (Å²) in [5, 5.41) is 1.79. The highest BCUT2D eigenvalue weighted by molar-refractivity contribution is 6.31. The van der Waals surface area contributed by atoms with Gasteiger partial charge >= 0.3 is 0 Å². The summed E-state index contributed by atoms with van der Waals surface area (Å²) in [7, 11) is 0. The molecular formula is C22H15Cl. The number of hydrogen-bond acceptors (Lipinski definition) is 0. The topological polar surface area (TPSA) is 0 Å². The van der Waals surface area contributed by atoms with Gasteiger partial charge in [0.2, 0.25) is 0 Å². The summed E-state index contributed by atoms with van der Waals surface area (Å²) >= 11 is 6.11. The average molecular weight is 319 g/mol. The van der Waals surface area contributed by atoms with E-state index >= 15 is 0 Å². The maximum Gasteiger partial charge on any atom is 0.0645 e. The van der Waals surface area contributed by atoms with Crippen LogP contribution in [0, 0.1) is 0 Å². The van der Waals surface area contributed by atoms with Crippen molar-refractivity contribution in [2.45, 2.75) is 0 Å². The van der Waals surface area contributed by atoms with Crippen LogP contribution in [0.2, 0.25) is 5.02 Å². The van der Waals surface area contributed by atoms with Gasteiger partial charge in [-0.25, -0.2) is 0 Å². The van der Waals surface area contributed by atoms with Crippen LogP contribution in [0.3, 0.4) is 0 Å². The van der Waals surface area contributed by atoms with E-state index in [-0.39, 0.29) is 34.8 Å². The monoisotopic (exact) mass is 318 g/mol. The fraction of sp³-hybridized carbons (Fsp3) is 0. The second-order valence-electron chi connectivity index (χ2n) is 5.26. The molecular weight excluding hydrogens is 300 g/mol. The first-order chi connectivity index (χ1) is 13.0. The lowest BCUT2D eigenvalue weighted by atomic mass is 9.92. The molecule has 0 aliphatic rings. The number of fused-ring (bicyclic) bond motifs is 1. The van der Waals surface area contributed by atoms with E-state index in [9.17, 15) is 0 Å². The van der Waals surface area contributed by atoms with Gasteiger partial charge in [0.25, 0.3) is 0 Å². The van der Waals surface area contributed by atoms with E-state index in [0.717, 1.165) is 21.9 Å². The minimum atomic E-state index is -0.277. The highest BCUT2D eigenvalue weighted by atomic mass is 35.5. The van der Waals surface area contributed by atoms with Crippen LogP contribution >= 0.6 is 11.6 Å². The highest BCUT2D eigenvalue weighted by Crippen LogP contribution is 2.36. The number of rotatable bonds is 2. The molecule has 23 heavy (non-hydrogen) atoms. The van der Waals surface area contributed by atoms with E-state index in [1.807, 2.05) is 66.7 Å². The number of hydrogen-bond donors (Lipinski definition) is 0. The summed E-state index contributed by atoms with van der Waals surface area (Å²) in [6, 6.07) is 20.9. The summed E-state index contributed by atoms with van der Waals surface area (Å²) in [5.41, 5.74) is 3.10. The van der Waals surface area contributed by atoms with Gasteiger partial charge in [0, 0.05) is 5.02 Å². The van der Waals surface area contributed by atoms with E-state index in [1.165, 1.54) is 0 Å². The lowest BCUT2D eigenvalue weighted by Gasteiger charge is -2.12. The van der Waals surface area contributed by atoms with Gasteiger partial charge in [-0.3, -0.25) is 0 Å². The van der Waals surface area contributed by atoms with Gasteiger partial charge in [-0.05, 0) is 45.1 Å². The maximum atomic E-state index is 8.35. The second kappa shape index (κ2) is 5.91. The zero-order chi connectivity index (χ0) is 19.1. The van der Waals surface area contributed by atoms with Gasteiger partial charge in [-0.1, -0.05) is 90.4 Å². The molecule has 0 heterocycles. The van der Waals surface area contributed by atoms with Crippen LogP contribution in [0.15, 0.2) is 90.9 Å². The van der Waals surface area contributed by atoms with Crippen molar-refractivity contribution in [1.29, 1.82) is 0 Å². The first-order valence-corrected chi connectivity index (χ1v) is 7.72. The minimum Gasteiger partial charge on any atom is -0.0843 e. The van der Waals surface area contributed by atoms with Gasteiger partial charge in [-0.2, -0.15) is 0 Å². The molecule has 0 saturated heterocycles. The first kappa shape index (κ1) is 10.3. The Kier molecular flexibility index (Phi) is 2.63. The largest absolute Gasteiger partial charge is 0.0843 e. The van der Waals surface area contributed by atoms with Gasteiger partial charge in [-0.15, -0.1) is 0 Å². The van der Waals surface area contributed by atoms with Crippen LogP contribution < -0.4 is 0 Å². The maximum absolute atomic E-state index is 8.35. The van der Waals surface area contributed by atoms with Crippen LogP contribution in [0.5, 0.6) is 0 Å². The average Bonchev–Trinajstić information content (AvgIpc) is 2.71. The molecule has 4 aromatic carbocycles. The van der Waals surface area contributed by atoms with E-state index < -0.39 is 0 Å². The van der Waals surface area contributed by atoms with Crippen molar-refractivity contribution in [1.82, 2.24) is 0 Å². The molecule has 1 heteroatoms. The van der Waals surface area contributed by atoms with Gasteiger partial charge in [0.1, 0.15) is 0 Å². The molecule has 0 nitrogen and oxygen atoms in total. The summed E-state index contributed by atoms with van der Waals surface area (Å²) < 4.78 is 32.5. The Morgan fingerprint density at radius 3 is 1.96 bits per heavy atom. The van der Waals surface area contributed by atoms with Crippen LogP contribution in [0.1, 0.15) is 5.48 Å². The van der Waals surface area contributed by atoms with Crippen molar-refractivity contribution in [2.75, 3.05) is 0 Å². The zero-order valence-electron chi connectivity index (χ0n) is 16.2. The quantitative estimate of drug-likeness (QED) is 0.380. The van der Waals surface area contributed by atoms with E-state index in [1.54, 1.807) is 0 Å². The Morgan fingerprint density at radius 1 is 0.652 bits per heavy atom. The van der Waals surface area contributed by atoms with E-state index in [0.29, 0.717) is 5.56 Å². The SMILES string of the molecule is [2H]c1c([2H])c(Cl)c([2H])c(-c2ccc(-c3ccccc3)c3ccccc23)c1[2H]. The molecule has 0 amide bonds. The Balaban J connectivity index is 2.07. The fourth-order valence-corrected chi connectivity index (χ4v) is 2.98. The van der Waals surface area contributed by atoms with Crippen molar-refractivity contribution in [3.63, 3.8) is 0 Å². The third-order valence-electron chi connectivity index (χ3n) is 3.87. The zero-order valence-corrected chi connectivity index (χ0v) is 13.0. The van der Waals surface area contributed by atoms with Crippen molar-refractivity contribution in [3.05, 3.63) is 95.9 Å². The molecule has 4 rings (SSSR count). The van der Waals surface area contributed by atoms with Gasteiger partial charge in [0.15, 0.2) is 0 Å². The second-order valence-corrected chi connectivity index (χ2v) is 5.64. The Labute approximate surface area is 146 Å². The molecule has 4 aromatic rings.